The number of phosphoric ester groups is 1. The Morgan fingerprint density at radius 1 is 0.418 bits per heavy atom. The summed E-state index contributed by atoms with van der Waals surface area (Å²) in [6.45, 7) is 3.31. The molecule has 570 valence electrons. The fourth-order valence-electron chi connectivity index (χ4n) is 12.0. The Hall–Kier alpha value is -3.08. The number of esters is 3. The highest BCUT2D eigenvalue weighted by Crippen LogP contribution is 2.49. The Balaban J connectivity index is 1.76. The maximum Gasteiger partial charge on any atom is 0.472 e. The van der Waals surface area contributed by atoms with Crippen LogP contribution in [-0.2, 0) is 61.2 Å². The third kappa shape index (κ3) is 37.4. The topological polar surface area (TPSA) is 374 Å². The number of hydrogen-bond acceptors (Lipinski definition) is 23. The van der Waals surface area contributed by atoms with Gasteiger partial charge in [0.15, 0.2) is 18.7 Å². The molecule has 18 unspecified atom stereocenters. The summed E-state index contributed by atoms with van der Waals surface area (Å²) in [5, 5.41) is 110. The zero-order chi connectivity index (χ0) is 71.8. The number of aliphatic hydroxyl groups excluding tert-OH is 10. The lowest BCUT2D eigenvalue weighted by Gasteiger charge is -2.49. The first kappa shape index (κ1) is 89.1. The fourth-order valence-corrected chi connectivity index (χ4v) is 13.0. The van der Waals surface area contributed by atoms with Crippen molar-refractivity contribution in [1.29, 1.82) is 0 Å². The summed E-state index contributed by atoms with van der Waals surface area (Å²) in [5.41, 5.74) is 0. The highest BCUT2D eigenvalue weighted by Gasteiger charge is 2.58. The predicted molar refractivity (Wildman–Crippen MR) is 370 cm³/mol. The van der Waals surface area contributed by atoms with Crippen LogP contribution < -0.4 is 0 Å². The largest absolute Gasteiger partial charge is 0.472 e. The van der Waals surface area contributed by atoms with E-state index in [9.17, 15) is 74.9 Å². The van der Waals surface area contributed by atoms with Gasteiger partial charge in [0, 0.05) is 18.9 Å². The smallest absolute Gasteiger partial charge is 0.462 e. The van der Waals surface area contributed by atoms with Gasteiger partial charge in [-0.2, -0.15) is 0 Å². The van der Waals surface area contributed by atoms with Crippen molar-refractivity contribution >= 4 is 25.7 Å². The van der Waals surface area contributed by atoms with Crippen LogP contribution in [0.3, 0.4) is 0 Å². The molecule has 98 heavy (non-hydrogen) atoms. The molecule has 0 bridgehead atoms. The first-order chi connectivity index (χ1) is 47.3. The Morgan fingerprint density at radius 3 is 1.23 bits per heavy atom. The molecule has 0 aromatic rings. The predicted octanol–water partition coefficient (Wildman–Crippen LogP) is 10.1. The summed E-state index contributed by atoms with van der Waals surface area (Å²) >= 11 is 0. The Kier molecular flexibility index (Phi) is 49.6. The number of allylic oxidation sites excluding steroid dienone is 7. The van der Waals surface area contributed by atoms with Crippen molar-refractivity contribution in [3.63, 3.8) is 0 Å². The van der Waals surface area contributed by atoms with Gasteiger partial charge in [0.05, 0.1) is 13.2 Å². The van der Waals surface area contributed by atoms with Gasteiger partial charge in [-0.1, -0.05) is 217 Å². The van der Waals surface area contributed by atoms with Crippen molar-refractivity contribution < 1.29 is 117 Å². The molecule has 0 aromatic heterocycles. The van der Waals surface area contributed by atoms with E-state index in [0.29, 0.717) is 19.3 Å². The van der Waals surface area contributed by atoms with E-state index in [0.717, 1.165) is 89.5 Å². The van der Waals surface area contributed by atoms with Gasteiger partial charge in [0.1, 0.15) is 98.7 Å². The standard InChI is InChI=1S/C73H129O24P/c1-4-7-10-13-16-19-22-25-28-31-33-36-39-42-45-48-58(76)90-53-56-61(79)63(81)68(86)73(94-56)96-70-66(84)64(82)65(83)69(95-72-67(85)62(80)60(78)55(50-74)93-72)71(70)97-98(87,88)91-52-54(92-59(77)49-46-43-40-37-34-30-27-24-21-18-15-12-9-6-3)51-89-57(75)47-44-41-38-35-32-29-26-23-20-17-14-11-8-5-2/h29-30,32,34,39,42,45,48,54-56,60-74,78-86H,4-28,31,33,35-38,40-41,43-44,46-47,49-53H2,1-3H3,(H,87,88)/b32-29-,34-30-,42-39+,48-45+. The molecule has 3 fully saturated rings. The number of unbranched alkanes of at least 4 members (excludes halogenated alkanes) is 31. The monoisotopic (exact) mass is 1420 g/mol. The van der Waals surface area contributed by atoms with Crippen LogP contribution in [0.4, 0.5) is 0 Å². The molecule has 0 aromatic carbocycles. The lowest BCUT2D eigenvalue weighted by Crippen LogP contribution is -2.69. The van der Waals surface area contributed by atoms with Crippen LogP contribution in [0.1, 0.15) is 265 Å². The second kappa shape index (κ2) is 54.6. The Labute approximate surface area is 584 Å². The highest BCUT2D eigenvalue weighted by atomic mass is 31.2. The molecule has 1 saturated carbocycles. The third-order valence-corrected chi connectivity index (χ3v) is 19.1. The number of aliphatic hydroxyl groups is 10. The second-order valence-electron chi connectivity index (χ2n) is 26.7. The van der Waals surface area contributed by atoms with Crippen molar-refractivity contribution in [3.8, 4) is 0 Å². The van der Waals surface area contributed by atoms with Crippen LogP contribution in [0.2, 0.25) is 0 Å². The molecule has 2 heterocycles. The first-order valence-corrected chi connectivity index (χ1v) is 39.0. The Morgan fingerprint density at radius 2 is 0.796 bits per heavy atom. The van der Waals surface area contributed by atoms with Gasteiger partial charge in [-0.05, 0) is 77.0 Å². The highest BCUT2D eigenvalue weighted by molar-refractivity contribution is 7.47. The maximum absolute atomic E-state index is 14.3. The maximum atomic E-state index is 14.3. The number of carbonyl (C=O) groups is 3. The van der Waals surface area contributed by atoms with Crippen LogP contribution in [0.15, 0.2) is 48.6 Å². The second-order valence-corrected chi connectivity index (χ2v) is 28.1. The van der Waals surface area contributed by atoms with E-state index in [1.165, 1.54) is 134 Å². The van der Waals surface area contributed by atoms with E-state index in [1.807, 2.05) is 6.08 Å². The van der Waals surface area contributed by atoms with Gasteiger partial charge in [-0.15, -0.1) is 0 Å². The third-order valence-electron chi connectivity index (χ3n) is 18.2. The van der Waals surface area contributed by atoms with Crippen molar-refractivity contribution in [3.05, 3.63) is 48.6 Å². The summed E-state index contributed by atoms with van der Waals surface area (Å²) in [6.07, 6.45) is 18.2. The van der Waals surface area contributed by atoms with Crippen molar-refractivity contribution in [2.75, 3.05) is 26.4 Å². The Bertz CT molecular complexity index is 2220. The lowest BCUT2D eigenvalue weighted by atomic mass is 9.84. The number of rotatable bonds is 57. The van der Waals surface area contributed by atoms with Gasteiger partial charge in [0.2, 0.25) is 0 Å². The minimum Gasteiger partial charge on any atom is -0.462 e. The summed E-state index contributed by atoms with van der Waals surface area (Å²) in [4.78, 5) is 50.8. The molecule has 3 rings (SSSR count). The van der Waals surface area contributed by atoms with E-state index in [2.05, 4.69) is 45.1 Å². The molecule has 2 aliphatic heterocycles. The molecular weight excluding hydrogens is 1290 g/mol. The zero-order valence-electron chi connectivity index (χ0n) is 59.3. The summed E-state index contributed by atoms with van der Waals surface area (Å²) in [5.74, 6) is -2.27. The molecule has 18 atom stereocenters. The molecule has 11 N–H and O–H groups in total. The van der Waals surface area contributed by atoms with Gasteiger partial charge in [0.25, 0.3) is 0 Å². The molecule has 0 amide bonds. The first-order valence-electron chi connectivity index (χ1n) is 37.5. The van der Waals surface area contributed by atoms with Crippen molar-refractivity contribution in [2.45, 2.75) is 369 Å². The van der Waals surface area contributed by atoms with Gasteiger partial charge >= 0.3 is 25.7 Å². The molecule has 3 aliphatic rings. The van der Waals surface area contributed by atoms with E-state index >= 15 is 0 Å². The fraction of sp³-hybridized carbons (Fsp3) is 0.849. The summed E-state index contributed by atoms with van der Waals surface area (Å²) in [6, 6.07) is 0. The normalized spacial score (nSPS) is 27.9. The van der Waals surface area contributed by atoms with Crippen molar-refractivity contribution in [2.24, 2.45) is 0 Å². The van der Waals surface area contributed by atoms with Crippen LogP contribution in [0, 0.1) is 0 Å². The van der Waals surface area contributed by atoms with E-state index < -0.39 is 156 Å². The van der Waals surface area contributed by atoms with Gasteiger partial charge in [-0.25, -0.2) is 9.36 Å². The van der Waals surface area contributed by atoms with E-state index in [-0.39, 0.29) is 12.8 Å². The minimum absolute atomic E-state index is 0.0177. The molecule has 1 aliphatic carbocycles. The van der Waals surface area contributed by atoms with E-state index in [4.69, 9.17) is 42.2 Å². The van der Waals surface area contributed by atoms with Crippen molar-refractivity contribution in [1.82, 2.24) is 0 Å². The van der Waals surface area contributed by atoms with Crippen LogP contribution in [0.5, 0.6) is 0 Å². The molecular formula is C73H129O24P. The number of phosphoric acid groups is 1. The summed E-state index contributed by atoms with van der Waals surface area (Å²) in [7, 11) is -5.71. The average Bonchev–Trinajstić information content (AvgIpc) is 0.763. The zero-order valence-corrected chi connectivity index (χ0v) is 60.2. The SMILES string of the molecule is CCCCCCCCC/C=C\CCCCCC(=O)OCC(COP(=O)(O)OC1C(OC2OC(CO)C(O)C(O)C2O)C(O)C(O)C(O)C1OC1OC(COC(=O)/C=C/C=C/CCCCCCCCCCCCC)C(O)C(O)C1O)OC(=O)CCCCC/C=C\CCCCCCCCC. The average molecular weight is 1420 g/mol. The molecule has 0 spiro atoms. The minimum atomic E-state index is -5.71. The van der Waals surface area contributed by atoms with E-state index in [1.54, 1.807) is 6.08 Å². The molecule has 24 nitrogen and oxygen atoms in total. The van der Waals surface area contributed by atoms with Crippen LogP contribution in [-0.4, -0.2) is 204 Å². The van der Waals surface area contributed by atoms with Gasteiger partial charge in [-0.3, -0.25) is 18.6 Å². The number of ether oxygens (including phenoxy) is 7. The molecule has 2 saturated heterocycles. The lowest BCUT2D eigenvalue weighted by molar-refractivity contribution is -0.360. The van der Waals surface area contributed by atoms with Crippen LogP contribution in [0.25, 0.3) is 0 Å². The quantitative estimate of drug-likeness (QED) is 0.00513. The number of hydrogen-bond donors (Lipinski definition) is 11. The van der Waals surface area contributed by atoms with Gasteiger partial charge < -0.3 is 89.1 Å². The van der Waals surface area contributed by atoms with Crippen LogP contribution >= 0.6 is 7.82 Å². The summed E-state index contributed by atoms with van der Waals surface area (Å²) < 4.78 is 64.7. The number of carbonyl (C=O) groups excluding carboxylic acids is 3. The molecule has 25 heteroatoms. The molecule has 0 radical (unpaired) electrons.